The normalized spacial score (nSPS) is 9.87. The van der Waals surface area contributed by atoms with Crippen LogP contribution in [0.3, 0.4) is 0 Å². The van der Waals surface area contributed by atoms with Crippen LogP contribution in [0.5, 0.6) is 11.5 Å². The van der Waals surface area contributed by atoms with Crippen molar-refractivity contribution in [3.63, 3.8) is 0 Å². The van der Waals surface area contributed by atoms with Crippen LogP contribution in [-0.2, 0) is 22.7 Å². The van der Waals surface area contributed by atoms with Crippen LogP contribution in [0.1, 0.15) is 22.3 Å². The standard InChI is InChI=1S/C26H22O4/c27-25-18-26(28)24(14-8-16-30-20-22-11-5-2-6-12-22)17-23(25)13-7-15-29-19-21-9-3-1-4-10-21/h1-6,9-12,17-18,27-28H,15-16,19-20H2. The molecule has 0 heterocycles. The fraction of sp³-hybridized carbons (Fsp3) is 0.154. The molecule has 3 rings (SSSR count). The lowest BCUT2D eigenvalue weighted by Gasteiger charge is -2.02. The van der Waals surface area contributed by atoms with Crippen LogP contribution < -0.4 is 0 Å². The van der Waals surface area contributed by atoms with Crippen molar-refractivity contribution in [1.29, 1.82) is 0 Å². The van der Waals surface area contributed by atoms with E-state index in [4.69, 9.17) is 9.47 Å². The molecule has 0 saturated heterocycles. The lowest BCUT2D eigenvalue weighted by Crippen LogP contribution is -1.93. The number of phenols is 2. The molecule has 150 valence electrons. The van der Waals surface area contributed by atoms with Crippen LogP contribution >= 0.6 is 0 Å². The van der Waals surface area contributed by atoms with Gasteiger partial charge in [0.15, 0.2) is 0 Å². The molecule has 0 unspecified atom stereocenters. The minimum Gasteiger partial charge on any atom is -0.507 e. The molecule has 3 aromatic carbocycles. The van der Waals surface area contributed by atoms with E-state index in [1.165, 1.54) is 6.07 Å². The summed E-state index contributed by atoms with van der Waals surface area (Å²) in [6.45, 7) is 1.39. The van der Waals surface area contributed by atoms with E-state index in [9.17, 15) is 10.2 Å². The highest BCUT2D eigenvalue weighted by Crippen LogP contribution is 2.26. The molecule has 0 aliphatic rings. The number of benzene rings is 3. The summed E-state index contributed by atoms with van der Waals surface area (Å²) >= 11 is 0. The molecule has 0 bridgehead atoms. The molecule has 0 aromatic heterocycles. The fourth-order valence-corrected chi connectivity index (χ4v) is 2.63. The summed E-state index contributed by atoms with van der Waals surface area (Å²) in [5.74, 6) is 11.2. The van der Waals surface area contributed by atoms with Crippen molar-refractivity contribution < 1.29 is 19.7 Å². The molecule has 0 aliphatic heterocycles. The molecule has 4 heteroatoms. The van der Waals surface area contributed by atoms with Gasteiger partial charge in [-0.2, -0.15) is 0 Å². The van der Waals surface area contributed by atoms with E-state index in [0.29, 0.717) is 24.3 Å². The lowest BCUT2D eigenvalue weighted by molar-refractivity contribution is 0.153. The summed E-state index contributed by atoms with van der Waals surface area (Å²) in [5, 5.41) is 20.0. The molecule has 0 aliphatic carbocycles. The first-order valence-corrected chi connectivity index (χ1v) is 9.49. The molecular formula is C26H22O4. The van der Waals surface area contributed by atoms with E-state index in [0.717, 1.165) is 11.1 Å². The number of phenolic OH excluding ortho intramolecular Hbond substituents is 2. The van der Waals surface area contributed by atoms with Crippen LogP contribution in [0.2, 0.25) is 0 Å². The highest BCUT2D eigenvalue weighted by Gasteiger charge is 2.05. The van der Waals surface area contributed by atoms with Crippen molar-refractivity contribution in [2.75, 3.05) is 13.2 Å². The minimum atomic E-state index is -0.103. The Balaban J connectivity index is 1.54. The Morgan fingerprint density at radius 1 is 0.600 bits per heavy atom. The molecule has 4 nitrogen and oxygen atoms in total. The Bertz CT molecular complexity index is 983. The Hall–Kier alpha value is -3.70. The van der Waals surface area contributed by atoms with Gasteiger partial charge in [0, 0.05) is 6.07 Å². The first-order valence-electron chi connectivity index (χ1n) is 9.49. The first-order chi connectivity index (χ1) is 14.7. The molecule has 0 fully saturated rings. The zero-order chi connectivity index (χ0) is 21.0. The molecule has 0 amide bonds. The number of ether oxygens (including phenoxy) is 2. The summed E-state index contributed by atoms with van der Waals surface area (Å²) in [4.78, 5) is 0. The molecular weight excluding hydrogens is 376 g/mol. The summed E-state index contributed by atoms with van der Waals surface area (Å²) in [7, 11) is 0. The van der Waals surface area contributed by atoms with Gasteiger partial charge in [0.2, 0.25) is 0 Å². The summed E-state index contributed by atoms with van der Waals surface area (Å²) < 4.78 is 11.0. The fourth-order valence-electron chi connectivity index (χ4n) is 2.63. The smallest absolute Gasteiger partial charge is 0.134 e. The van der Waals surface area contributed by atoms with Gasteiger partial charge in [-0.15, -0.1) is 0 Å². The lowest BCUT2D eigenvalue weighted by atomic mass is 10.1. The maximum absolute atomic E-state index is 10.0. The van der Waals surface area contributed by atoms with Crippen molar-refractivity contribution in [3.8, 4) is 35.2 Å². The maximum atomic E-state index is 10.0. The largest absolute Gasteiger partial charge is 0.507 e. The van der Waals surface area contributed by atoms with Gasteiger partial charge in [-0.1, -0.05) is 84.3 Å². The summed E-state index contributed by atoms with van der Waals surface area (Å²) in [5.41, 5.74) is 2.90. The van der Waals surface area contributed by atoms with Crippen molar-refractivity contribution in [3.05, 3.63) is 95.1 Å². The van der Waals surface area contributed by atoms with Gasteiger partial charge < -0.3 is 19.7 Å². The highest BCUT2D eigenvalue weighted by molar-refractivity contribution is 5.57. The van der Waals surface area contributed by atoms with Crippen molar-refractivity contribution in [2.45, 2.75) is 13.2 Å². The Labute approximate surface area is 176 Å². The van der Waals surface area contributed by atoms with Gasteiger partial charge in [-0.3, -0.25) is 0 Å². The average Bonchev–Trinajstić information content (AvgIpc) is 2.77. The maximum Gasteiger partial charge on any atom is 0.134 e. The molecule has 30 heavy (non-hydrogen) atoms. The second-order valence-corrected chi connectivity index (χ2v) is 6.45. The van der Waals surface area contributed by atoms with Crippen molar-refractivity contribution >= 4 is 0 Å². The Kier molecular flexibility index (Phi) is 7.94. The van der Waals surface area contributed by atoms with Gasteiger partial charge in [0.25, 0.3) is 0 Å². The van der Waals surface area contributed by atoms with Crippen LogP contribution in [0.25, 0.3) is 0 Å². The second kappa shape index (κ2) is 11.3. The Morgan fingerprint density at radius 2 is 1.03 bits per heavy atom. The summed E-state index contributed by atoms with van der Waals surface area (Å²) in [6, 6.07) is 22.4. The van der Waals surface area contributed by atoms with Gasteiger partial charge in [-0.25, -0.2) is 0 Å². The number of rotatable bonds is 6. The van der Waals surface area contributed by atoms with E-state index >= 15 is 0 Å². The monoisotopic (exact) mass is 398 g/mol. The number of hydrogen-bond acceptors (Lipinski definition) is 4. The SMILES string of the molecule is Oc1cc(O)c(C#CCOCc2ccccc2)cc1C#CCOCc1ccccc1. The molecule has 0 saturated carbocycles. The Morgan fingerprint density at radius 3 is 1.47 bits per heavy atom. The molecule has 2 N–H and O–H groups in total. The highest BCUT2D eigenvalue weighted by atomic mass is 16.5. The van der Waals surface area contributed by atoms with Crippen LogP contribution in [0.15, 0.2) is 72.8 Å². The van der Waals surface area contributed by atoms with Gasteiger partial charge >= 0.3 is 0 Å². The predicted octanol–water partition coefficient (Wildman–Crippen LogP) is 4.23. The molecule has 3 aromatic rings. The summed E-state index contributed by atoms with van der Waals surface area (Å²) in [6.07, 6.45) is 0. The van der Waals surface area contributed by atoms with Crippen LogP contribution in [0, 0.1) is 23.7 Å². The average molecular weight is 398 g/mol. The van der Waals surface area contributed by atoms with E-state index in [1.54, 1.807) is 6.07 Å². The second-order valence-electron chi connectivity index (χ2n) is 6.45. The quantitative estimate of drug-likeness (QED) is 0.482. The van der Waals surface area contributed by atoms with Crippen molar-refractivity contribution in [2.24, 2.45) is 0 Å². The number of hydrogen-bond donors (Lipinski definition) is 2. The minimum absolute atomic E-state index is 0.103. The third-order valence-corrected chi connectivity index (χ3v) is 4.13. The van der Waals surface area contributed by atoms with Crippen LogP contribution in [-0.4, -0.2) is 23.4 Å². The zero-order valence-electron chi connectivity index (χ0n) is 16.5. The van der Waals surface area contributed by atoms with Gasteiger partial charge in [-0.05, 0) is 17.2 Å². The molecule has 0 radical (unpaired) electrons. The third-order valence-electron chi connectivity index (χ3n) is 4.13. The van der Waals surface area contributed by atoms with E-state index < -0.39 is 0 Å². The topological polar surface area (TPSA) is 58.9 Å². The third kappa shape index (κ3) is 6.72. The first kappa shape index (κ1) is 21.0. The zero-order valence-corrected chi connectivity index (χ0v) is 16.5. The molecule has 0 atom stereocenters. The van der Waals surface area contributed by atoms with E-state index in [-0.39, 0.29) is 24.7 Å². The van der Waals surface area contributed by atoms with E-state index in [2.05, 4.69) is 23.7 Å². The predicted molar refractivity (Wildman–Crippen MR) is 116 cm³/mol. The van der Waals surface area contributed by atoms with Gasteiger partial charge in [0.05, 0.1) is 24.3 Å². The molecule has 0 spiro atoms. The number of aromatic hydroxyl groups is 2. The van der Waals surface area contributed by atoms with Crippen LogP contribution in [0.4, 0.5) is 0 Å². The van der Waals surface area contributed by atoms with Gasteiger partial charge in [0.1, 0.15) is 24.7 Å². The van der Waals surface area contributed by atoms with E-state index in [1.807, 2.05) is 60.7 Å². The van der Waals surface area contributed by atoms with Crippen molar-refractivity contribution in [1.82, 2.24) is 0 Å².